The summed E-state index contributed by atoms with van der Waals surface area (Å²) in [5.41, 5.74) is 1.15. The molecule has 0 spiro atoms. The summed E-state index contributed by atoms with van der Waals surface area (Å²) >= 11 is 1.25. The lowest BCUT2D eigenvalue weighted by Gasteiger charge is -2.64. The van der Waals surface area contributed by atoms with Gasteiger partial charge in [0.2, 0.25) is 5.60 Å². The Bertz CT molecular complexity index is 2370. The number of esters is 1. The molecule has 1 aliphatic heterocycles. The largest absolute Gasteiger partial charge is 0.496 e. The maximum atomic E-state index is 15.4. The van der Waals surface area contributed by atoms with Crippen LogP contribution in [0, 0.1) is 17.3 Å². The van der Waals surface area contributed by atoms with Crippen LogP contribution in [0.2, 0.25) is 5.82 Å². The molecular formula is C51H57BFN3O7S. The van der Waals surface area contributed by atoms with E-state index in [2.05, 4.69) is 26.1 Å². The number of ketones is 1. The number of carbonyl (C=O) groups is 2. The predicted molar refractivity (Wildman–Crippen MR) is 249 cm³/mol. The van der Waals surface area contributed by atoms with Crippen LogP contribution < -0.4 is 10.1 Å². The van der Waals surface area contributed by atoms with Crippen molar-refractivity contribution in [1.82, 2.24) is 4.98 Å². The zero-order chi connectivity index (χ0) is 45.3. The van der Waals surface area contributed by atoms with Crippen molar-refractivity contribution >= 4 is 41.1 Å². The van der Waals surface area contributed by atoms with Gasteiger partial charge in [-0.25, -0.2) is 14.2 Å². The standard InChI is InChI=1S/C51H57BFN3O7S/c1-48(2,3)60-46(58)39-25-17-18-33(45(39)59-7)28-38(52-61-43-30-37-29-42(49(37,4)5)50(43,6)62-52)31-41(57)44(40-32-64-47(55-40)54-27-26-53)56-63-51(34-19-11-8-12-20-34,35-21-13-9-14-22-35)36-23-15-10-16-24-36/h8-25,32,37-38,42-43H,26-31H2,1-7H3,(H,54,55)/b56-44-/t37-,38+,42-,43?,50-/m0/s1. The highest BCUT2D eigenvalue weighted by Gasteiger charge is 2.68. The summed E-state index contributed by atoms with van der Waals surface area (Å²) in [7, 11) is 0.748. The van der Waals surface area contributed by atoms with Crippen molar-refractivity contribution in [3.8, 4) is 5.75 Å². The third-order valence-electron chi connectivity index (χ3n) is 13.4. The maximum absolute atomic E-state index is 15.4. The lowest BCUT2D eigenvalue weighted by atomic mass is 9.43. The molecular weight excluding hydrogens is 828 g/mol. The quantitative estimate of drug-likeness (QED) is 0.0320. The van der Waals surface area contributed by atoms with E-state index in [4.69, 9.17) is 33.8 Å². The van der Waals surface area contributed by atoms with Crippen LogP contribution in [0.3, 0.4) is 0 Å². The first-order valence-corrected chi connectivity index (χ1v) is 23.0. The Balaban J connectivity index is 1.22. The Hall–Kier alpha value is -5.37. The summed E-state index contributed by atoms with van der Waals surface area (Å²) in [4.78, 5) is 40.6. The van der Waals surface area contributed by atoms with Crippen molar-refractivity contribution in [3.63, 3.8) is 0 Å². The number of nitrogens with zero attached hydrogens (tertiary/aromatic N) is 2. The van der Waals surface area contributed by atoms with Gasteiger partial charge in [0.25, 0.3) is 0 Å². The third-order valence-corrected chi connectivity index (χ3v) is 14.2. The Morgan fingerprint density at radius 1 is 0.922 bits per heavy atom. The summed E-state index contributed by atoms with van der Waals surface area (Å²) in [6, 6.07) is 34.7. The topological polar surface area (TPSA) is 118 Å². The Labute approximate surface area is 380 Å². The fourth-order valence-electron chi connectivity index (χ4n) is 10.1. The number of hydrogen-bond acceptors (Lipinski definition) is 11. The third kappa shape index (κ3) is 8.74. The van der Waals surface area contributed by atoms with Crippen LogP contribution in [0.15, 0.2) is 120 Å². The van der Waals surface area contributed by atoms with Crippen LogP contribution >= 0.6 is 11.3 Å². The highest BCUT2D eigenvalue weighted by Crippen LogP contribution is 2.66. The monoisotopic (exact) mass is 885 g/mol. The molecule has 0 amide bonds. The second-order valence-corrected chi connectivity index (χ2v) is 19.8. The van der Waals surface area contributed by atoms with Gasteiger partial charge in [0.1, 0.15) is 29.3 Å². The second kappa shape index (κ2) is 18.3. The smallest absolute Gasteiger partial charge is 0.461 e. The summed E-state index contributed by atoms with van der Waals surface area (Å²) in [5, 5.41) is 10.0. The van der Waals surface area contributed by atoms with Gasteiger partial charge in [-0.05, 0) is 75.8 Å². The number of oxime groups is 1. The minimum atomic E-state index is -1.29. The van der Waals surface area contributed by atoms with Crippen molar-refractivity contribution in [2.75, 3.05) is 25.6 Å². The van der Waals surface area contributed by atoms with E-state index in [1.807, 2.05) is 118 Å². The average molecular weight is 886 g/mol. The van der Waals surface area contributed by atoms with Crippen LogP contribution in [0.5, 0.6) is 5.75 Å². The highest BCUT2D eigenvalue weighted by atomic mass is 32.1. The molecule has 0 radical (unpaired) electrons. The lowest BCUT2D eigenvalue weighted by molar-refractivity contribution is -0.199. The molecule has 1 saturated heterocycles. The number of hydrogen-bond donors (Lipinski definition) is 1. The van der Waals surface area contributed by atoms with Crippen molar-refractivity contribution < 1.29 is 37.6 Å². The number of aromatic nitrogens is 1. The molecule has 10 nitrogen and oxygen atoms in total. The molecule has 334 valence electrons. The number of nitrogens with one attached hydrogen (secondary N) is 1. The number of ether oxygens (including phenoxy) is 2. The lowest BCUT2D eigenvalue weighted by Crippen LogP contribution is -2.65. The fourth-order valence-corrected chi connectivity index (χ4v) is 10.8. The van der Waals surface area contributed by atoms with Crippen LogP contribution in [-0.2, 0) is 35.7 Å². The van der Waals surface area contributed by atoms with Gasteiger partial charge < -0.3 is 28.9 Å². The number of Topliss-reactive ketones (excluding diaryl/α,β-unsaturated/α-hetero) is 1. The van der Waals surface area contributed by atoms with Gasteiger partial charge in [-0.15, -0.1) is 11.3 Å². The van der Waals surface area contributed by atoms with Gasteiger partial charge in [0.05, 0.1) is 18.8 Å². The van der Waals surface area contributed by atoms with E-state index in [9.17, 15) is 9.18 Å². The molecule has 2 bridgehead atoms. The van der Waals surface area contributed by atoms with E-state index >= 15 is 4.79 Å². The number of methoxy groups -OCH3 is 1. The van der Waals surface area contributed by atoms with Crippen LogP contribution in [-0.4, -0.2) is 67.2 Å². The van der Waals surface area contributed by atoms with Gasteiger partial charge in [-0.1, -0.05) is 122 Å². The molecule has 5 atom stereocenters. The molecule has 13 heteroatoms. The number of benzene rings is 4. The van der Waals surface area contributed by atoms with Crippen LogP contribution in [0.4, 0.5) is 9.52 Å². The molecule has 1 unspecified atom stereocenters. The number of anilines is 1. The van der Waals surface area contributed by atoms with Crippen molar-refractivity contribution in [1.29, 1.82) is 0 Å². The summed E-state index contributed by atoms with van der Waals surface area (Å²) in [5.74, 6) is -0.296. The number of rotatable bonds is 17. The number of carbonyl (C=O) groups excluding carboxylic acids is 2. The predicted octanol–water partition coefficient (Wildman–Crippen LogP) is 10.5. The zero-order valence-corrected chi connectivity index (χ0v) is 38.5. The van der Waals surface area contributed by atoms with E-state index in [1.165, 1.54) is 18.4 Å². The molecule has 9 rings (SSSR count). The molecule has 1 aromatic heterocycles. The van der Waals surface area contributed by atoms with E-state index in [0.717, 1.165) is 29.5 Å². The van der Waals surface area contributed by atoms with E-state index in [1.54, 1.807) is 17.5 Å². The van der Waals surface area contributed by atoms with E-state index < -0.39 is 42.4 Å². The molecule has 2 heterocycles. The Morgan fingerprint density at radius 2 is 1.55 bits per heavy atom. The fraction of sp³-hybridized carbons (Fsp3) is 0.412. The molecule has 4 aliphatic rings. The SMILES string of the molecule is COc1c(C[C@H](CC(=O)/C(=N\OC(c2ccccc2)(c2ccccc2)c2ccccc2)c2csc(NCCF)n2)B2OC3C[C@@H]4C[C@@H](C4(C)C)[C@]3(C)O2)cccc1C(=O)OC(C)(C)C. The van der Waals surface area contributed by atoms with E-state index in [-0.39, 0.29) is 59.6 Å². The maximum Gasteiger partial charge on any atom is 0.461 e. The van der Waals surface area contributed by atoms with Gasteiger partial charge >= 0.3 is 13.1 Å². The minimum absolute atomic E-state index is 0.0128. The molecule has 4 fully saturated rings. The summed E-state index contributed by atoms with van der Waals surface area (Å²) in [6.45, 7) is 11.7. The normalized spacial score (nSPS) is 21.9. The first-order chi connectivity index (χ1) is 30.7. The zero-order valence-electron chi connectivity index (χ0n) is 37.6. The first kappa shape index (κ1) is 45.2. The number of alkyl halides is 1. The Kier molecular flexibility index (Phi) is 12.9. The molecule has 3 saturated carbocycles. The first-order valence-electron chi connectivity index (χ1n) is 22.1. The van der Waals surface area contributed by atoms with Crippen molar-refractivity contribution in [3.05, 3.63) is 148 Å². The summed E-state index contributed by atoms with van der Waals surface area (Å²) < 4.78 is 39.0. The van der Waals surface area contributed by atoms with Gasteiger partial charge in [-0.3, -0.25) is 4.79 Å². The van der Waals surface area contributed by atoms with Gasteiger partial charge in [0.15, 0.2) is 16.6 Å². The highest BCUT2D eigenvalue weighted by molar-refractivity contribution is 7.14. The number of thiazole rings is 1. The molecule has 3 aliphatic carbocycles. The molecule has 5 aromatic rings. The summed E-state index contributed by atoms with van der Waals surface area (Å²) in [6.07, 6.45) is 1.95. The average Bonchev–Trinajstić information content (AvgIpc) is 3.91. The van der Waals surface area contributed by atoms with Crippen molar-refractivity contribution in [2.24, 2.45) is 22.4 Å². The number of halogens is 1. The van der Waals surface area contributed by atoms with Crippen LogP contribution in [0.1, 0.15) is 99.1 Å². The molecule has 1 N–H and O–H groups in total. The van der Waals surface area contributed by atoms with Gasteiger partial charge in [-0.2, -0.15) is 0 Å². The minimum Gasteiger partial charge on any atom is -0.496 e. The van der Waals surface area contributed by atoms with E-state index in [0.29, 0.717) is 22.4 Å². The second-order valence-electron chi connectivity index (χ2n) is 18.9. The van der Waals surface area contributed by atoms with Gasteiger partial charge in [0, 0.05) is 40.9 Å². The number of para-hydroxylation sites is 1. The van der Waals surface area contributed by atoms with Crippen molar-refractivity contribution in [2.45, 2.75) is 96.0 Å². The van der Waals surface area contributed by atoms with Crippen LogP contribution in [0.25, 0.3) is 0 Å². The molecule has 64 heavy (non-hydrogen) atoms. The Morgan fingerprint density at radius 3 is 2.11 bits per heavy atom. The molecule has 4 aromatic carbocycles.